The molecule has 1 N–H and O–H groups in total. The third-order valence-electron chi connectivity index (χ3n) is 4.60. The Labute approximate surface area is 155 Å². The van der Waals surface area contributed by atoms with Crippen LogP contribution in [0.2, 0.25) is 0 Å². The van der Waals surface area contributed by atoms with E-state index in [1.807, 2.05) is 24.6 Å². The van der Waals surface area contributed by atoms with Crippen LogP contribution in [0.1, 0.15) is 51.0 Å². The molecule has 0 bridgehead atoms. The Bertz CT molecular complexity index is 839. The Morgan fingerprint density at radius 3 is 2.85 bits per heavy atom. The van der Waals surface area contributed by atoms with Gasteiger partial charge < -0.3 is 0 Å². The molecule has 144 valence electrons. The van der Waals surface area contributed by atoms with Crippen molar-refractivity contribution in [2.24, 2.45) is 0 Å². The van der Waals surface area contributed by atoms with E-state index >= 15 is 0 Å². The van der Waals surface area contributed by atoms with Gasteiger partial charge in [0.2, 0.25) is 0 Å². The van der Waals surface area contributed by atoms with E-state index in [9.17, 15) is 8.42 Å². The first-order valence-corrected chi connectivity index (χ1v) is 10.7. The minimum absolute atomic E-state index is 0.0226. The zero-order valence-corrected chi connectivity index (χ0v) is 16.5. The van der Waals surface area contributed by atoms with Crippen LogP contribution in [0.5, 0.6) is 0 Å². The Balaban J connectivity index is 1.66. The minimum atomic E-state index is -3.62. The lowest BCUT2D eigenvalue weighted by Gasteiger charge is -2.27. The second-order valence-corrected chi connectivity index (χ2v) is 8.73. The second-order valence-electron chi connectivity index (χ2n) is 7.01. The molecule has 3 rings (SSSR count). The van der Waals surface area contributed by atoms with Crippen LogP contribution >= 0.6 is 0 Å². The van der Waals surface area contributed by atoms with Crippen LogP contribution in [0.25, 0.3) is 0 Å². The summed E-state index contributed by atoms with van der Waals surface area (Å²) in [5.41, 5.74) is 1.89. The SMILES string of the molecule is CCCCN1CCn2nc(CNS(=O)(=O)c3ccnn3C(C)C)cc2C1. The number of fused-ring (bicyclic) bond motifs is 1. The highest BCUT2D eigenvalue weighted by Crippen LogP contribution is 2.16. The molecule has 0 radical (unpaired) electrons. The van der Waals surface area contributed by atoms with Gasteiger partial charge in [0.1, 0.15) is 0 Å². The molecule has 0 aromatic carbocycles. The van der Waals surface area contributed by atoms with Gasteiger partial charge in [-0.05, 0) is 38.9 Å². The molecule has 0 atom stereocenters. The summed E-state index contributed by atoms with van der Waals surface area (Å²) in [6.07, 6.45) is 3.90. The normalized spacial score (nSPS) is 15.5. The maximum absolute atomic E-state index is 12.6. The highest BCUT2D eigenvalue weighted by molar-refractivity contribution is 7.89. The third-order valence-corrected chi connectivity index (χ3v) is 6.00. The molecule has 0 saturated heterocycles. The summed E-state index contributed by atoms with van der Waals surface area (Å²) in [4.78, 5) is 2.43. The van der Waals surface area contributed by atoms with Crippen LogP contribution in [0.3, 0.4) is 0 Å². The van der Waals surface area contributed by atoms with E-state index in [-0.39, 0.29) is 17.6 Å². The van der Waals surface area contributed by atoms with Gasteiger partial charge in [0.05, 0.1) is 30.7 Å². The fraction of sp³-hybridized carbons (Fsp3) is 0.647. The molecule has 0 spiro atoms. The van der Waals surface area contributed by atoms with Crippen molar-refractivity contribution in [1.82, 2.24) is 29.2 Å². The van der Waals surface area contributed by atoms with Crippen molar-refractivity contribution < 1.29 is 8.42 Å². The summed E-state index contributed by atoms with van der Waals surface area (Å²) in [6, 6.07) is 3.50. The number of unbranched alkanes of at least 4 members (excludes halogenated alkanes) is 1. The van der Waals surface area contributed by atoms with Crippen LogP contribution in [-0.4, -0.2) is 46.0 Å². The fourth-order valence-electron chi connectivity index (χ4n) is 3.18. The number of nitrogens with zero attached hydrogens (tertiary/aromatic N) is 5. The van der Waals surface area contributed by atoms with E-state index in [1.54, 1.807) is 0 Å². The molecule has 0 aliphatic carbocycles. The quantitative estimate of drug-likeness (QED) is 0.754. The Kier molecular flexibility index (Phi) is 5.79. The molecule has 0 saturated carbocycles. The van der Waals surface area contributed by atoms with Gasteiger partial charge in [-0.2, -0.15) is 10.2 Å². The van der Waals surface area contributed by atoms with Gasteiger partial charge in [-0.15, -0.1) is 0 Å². The first-order chi connectivity index (χ1) is 12.4. The first-order valence-electron chi connectivity index (χ1n) is 9.22. The van der Waals surface area contributed by atoms with Crippen molar-refractivity contribution in [1.29, 1.82) is 0 Å². The molecular formula is C17H28N6O2S. The standard InChI is InChI=1S/C17H28N6O2S/c1-4-5-8-21-9-10-22-16(13-21)11-15(20-22)12-19-26(24,25)17-6-7-18-23(17)14(2)3/h6-7,11,14,19H,4-5,8-10,12-13H2,1-3H3. The summed E-state index contributed by atoms with van der Waals surface area (Å²) in [5, 5.41) is 8.83. The van der Waals surface area contributed by atoms with Crippen molar-refractivity contribution in [2.45, 2.75) is 64.3 Å². The Morgan fingerprint density at radius 1 is 1.31 bits per heavy atom. The number of aromatic nitrogens is 4. The van der Waals surface area contributed by atoms with Gasteiger partial charge in [0.15, 0.2) is 5.03 Å². The zero-order chi connectivity index (χ0) is 18.7. The van der Waals surface area contributed by atoms with Crippen molar-refractivity contribution in [3.05, 3.63) is 29.7 Å². The lowest BCUT2D eigenvalue weighted by Crippen LogP contribution is -2.34. The Hall–Kier alpha value is -1.71. The van der Waals surface area contributed by atoms with E-state index in [0.29, 0.717) is 0 Å². The van der Waals surface area contributed by atoms with Gasteiger partial charge in [-0.25, -0.2) is 13.1 Å². The molecule has 0 amide bonds. The number of sulfonamides is 1. The van der Waals surface area contributed by atoms with Gasteiger partial charge in [0, 0.05) is 19.1 Å². The van der Waals surface area contributed by atoms with Crippen LogP contribution in [0, 0.1) is 0 Å². The van der Waals surface area contributed by atoms with Gasteiger partial charge in [-0.3, -0.25) is 14.3 Å². The maximum Gasteiger partial charge on any atom is 0.258 e. The van der Waals surface area contributed by atoms with Crippen molar-refractivity contribution >= 4 is 10.0 Å². The number of hydrogen-bond acceptors (Lipinski definition) is 5. The van der Waals surface area contributed by atoms with Crippen LogP contribution in [-0.2, 0) is 29.7 Å². The molecule has 2 aromatic heterocycles. The Morgan fingerprint density at radius 2 is 2.12 bits per heavy atom. The van der Waals surface area contributed by atoms with Gasteiger partial charge in [0.25, 0.3) is 10.0 Å². The van der Waals surface area contributed by atoms with E-state index in [2.05, 4.69) is 26.7 Å². The molecule has 1 aliphatic heterocycles. The van der Waals surface area contributed by atoms with Crippen LogP contribution < -0.4 is 4.72 Å². The number of nitrogens with one attached hydrogen (secondary N) is 1. The smallest absolute Gasteiger partial charge is 0.258 e. The van der Waals surface area contributed by atoms with E-state index < -0.39 is 10.0 Å². The molecule has 9 heteroatoms. The highest BCUT2D eigenvalue weighted by atomic mass is 32.2. The first kappa shape index (κ1) is 19.1. The summed E-state index contributed by atoms with van der Waals surface area (Å²) in [6.45, 7) is 10.0. The molecule has 26 heavy (non-hydrogen) atoms. The molecule has 0 unspecified atom stereocenters. The monoisotopic (exact) mass is 380 g/mol. The van der Waals surface area contributed by atoms with Crippen molar-refractivity contribution in [3.63, 3.8) is 0 Å². The third kappa shape index (κ3) is 4.16. The largest absolute Gasteiger partial charge is 0.296 e. The average Bonchev–Trinajstić information content (AvgIpc) is 3.24. The molecule has 3 heterocycles. The molecule has 1 aliphatic rings. The van der Waals surface area contributed by atoms with Gasteiger partial charge >= 0.3 is 0 Å². The number of rotatable bonds is 8. The van der Waals surface area contributed by atoms with E-state index in [0.717, 1.165) is 37.6 Å². The zero-order valence-electron chi connectivity index (χ0n) is 15.7. The average molecular weight is 381 g/mol. The van der Waals surface area contributed by atoms with E-state index in [4.69, 9.17) is 0 Å². The number of hydrogen-bond donors (Lipinski definition) is 1. The molecule has 8 nitrogen and oxygen atoms in total. The lowest BCUT2D eigenvalue weighted by atomic mass is 10.2. The van der Waals surface area contributed by atoms with Crippen LogP contribution in [0.4, 0.5) is 0 Å². The molecule has 2 aromatic rings. The summed E-state index contributed by atoms with van der Waals surface area (Å²) < 4.78 is 31.3. The van der Waals surface area contributed by atoms with Crippen LogP contribution in [0.15, 0.2) is 23.4 Å². The van der Waals surface area contributed by atoms with E-state index in [1.165, 1.54) is 29.8 Å². The van der Waals surface area contributed by atoms with Crippen molar-refractivity contribution in [2.75, 3.05) is 13.1 Å². The topological polar surface area (TPSA) is 85.1 Å². The van der Waals surface area contributed by atoms with Gasteiger partial charge in [-0.1, -0.05) is 13.3 Å². The summed E-state index contributed by atoms with van der Waals surface area (Å²) >= 11 is 0. The second kappa shape index (κ2) is 7.89. The highest BCUT2D eigenvalue weighted by Gasteiger charge is 2.22. The predicted octanol–water partition coefficient (Wildman–Crippen LogP) is 1.75. The van der Waals surface area contributed by atoms with Crippen molar-refractivity contribution in [3.8, 4) is 0 Å². The lowest BCUT2D eigenvalue weighted by molar-refractivity contribution is 0.210. The molecular weight excluding hydrogens is 352 g/mol. The maximum atomic E-state index is 12.6. The summed E-state index contributed by atoms with van der Waals surface area (Å²) in [7, 11) is -3.62. The molecule has 0 fully saturated rings. The predicted molar refractivity (Wildman–Crippen MR) is 99.0 cm³/mol. The summed E-state index contributed by atoms with van der Waals surface area (Å²) in [5.74, 6) is 0. The fourth-order valence-corrected chi connectivity index (χ4v) is 4.41. The minimum Gasteiger partial charge on any atom is -0.296 e.